The monoisotopic (exact) mass is 540 g/mol. The number of halogens is 2. The molecule has 0 saturated heterocycles. The number of hydrogen-bond acceptors (Lipinski definition) is 3. The Morgan fingerprint density at radius 2 is 1.65 bits per heavy atom. The van der Waals surface area contributed by atoms with Crippen molar-refractivity contribution in [2.24, 2.45) is 0 Å². The van der Waals surface area contributed by atoms with E-state index in [0.717, 1.165) is 18.4 Å². The van der Waals surface area contributed by atoms with Crippen molar-refractivity contribution < 1.29 is 14.3 Å². The number of nitrogens with one attached hydrogen (secondary N) is 1. The van der Waals surface area contributed by atoms with E-state index < -0.39 is 6.04 Å². The predicted molar refractivity (Wildman–Crippen MR) is 150 cm³/mol. The molecular formula is C30H34Cl2N2O3. The fourth-order valence-electron chi connectivity index (χ4n) is 3.88. The first kappa shape index (κ1) is 28.5. The van der Waals surface area contributed by atoms with Crippen molar-refractivity contribution in [3.05, 3.63) is 99.5 Å². The minimum atomic E-state index is -0.762. The smallest absolute Gasteiger partial charge is 0.261 e. The molecule has 0 saturated carbocycles. The van der Waals surface area contributed by atoms with Gasteiger partial charge < -0.3 is 15.0 Å². The number of hydrogen-bond donors (Lipinski definition) is 1. The van der Waals surface area contributed by atoms with Crippen LogP contribution >= 0.6 is 23.2 Å². The van der Waals surface area contributed by atoms with E-state index in [1.54, 1.807) is 23.1 Å². The van der Waals surface area contributed by atoms with Crippen LogP contribution in [0, 0.1) is 0 Å². The zero-order chi connectivity index (χ0) is 26.8. The molecule has 0 radical (unpaired) electrons. The first-order valence-corrected chi connectivity index (χ1v) is 13.4. The third kappa shape index (κ3) is 8.51. The van der Waals surface area contributed by atoms with Crippen LogP contribution in [0.5, 0.6) is 5.75 Å². The molecule has 0 aliphatic rings. The highest BCUT2D eigenvalue weighted by Crippen LogP contribution is 2.24. The van der Waals surface area contributed by atoms with Crippen LogP contribution in [0.4, 0.5) is 0 Å². The van der Waals surface area contributed by atoms with Crippen LogP contribution in [0.1, 0.15) is 43.9 Å². The molecule has 2 atom stereocenters. The topological polar surface area (TPSA) is 58.6 Å². The molecule has 0 aliphatic carbocycles. The van der Waals surface area contributed by atoms with Gasteiger partial charge in [0.15, 0.2) is 6.61 Å². The van der Waals surface area contributed by atoms with E-state index in [1.807, 2.05) is 68.4 Å². The minimum Gasteiger partial charge on any atom is -0.484 e. The van der Waals surface area contributed by atoms with E-state index in [1.165, 1.54) is 5.56 Å². The lowest BCUT2D eigenvalue weighted by molar-refractivity contribution is -0.143. The van der Waals surface area contributed by atoms with E-state index in [-0.39, 0.29) is 31.0 Å². The Kier molecular flexibility index (Phi) is 10.8. The molecule has 0 heterocycles. The normalized spacial score (nSPS) is 12.5. The zero-order valence-corrected chi connectivity index (χ0v) is 23.1. The van der Waals surface area contributed by atoms with Crippen LogP contribution < -0.4 is 10.1 Å². The van der Waals surface area contributed by atoms with Gasteiger partial charge in [-0.25, -0.2) is 0 Å². The largest absolute Gasteiger partial charge is 0.484 e. The fraction of sp³-hybridized carbons (Fsp3) is 0.333. The third-order valence-corrected chi connectivity index (χ3v) is 6.91. The molecule has 196 valence electrons. The van der Waals surface area contributed by atoms with Gasteiger partial charge in [-0.1, -0.05) is 85.6 Å². The Balaban J connectivity index is 1.92. The Bertz CT molecular complexity index is 1170. The molecule has 0 fully saturated rings. The summed E-state index contributed by atoms with van der Waals surface area (Å²) in [5.41, 5.74) is 2.83. The summed E-state index contributed by atoms with van der Waals surface area (Å²) in [7, 11) is 0. The fourth-order valence-corrected chi connectivity index (χ4v) is 4.35. The standard InChI is InChI=1S/C30H34Cl2N2O3/c1-4-21(3)33-30(36)28(17-23-9-7-6-8-10-23)34(19-24-13-14-25(31)18-27(24)32)29(35)20-37-26-15-11-22(5-2)12-16-26/h6-16,18,21,28H,4-5,17,19-20H2,1-3H3,(H,33,36)/t21-,28-/m0/s1. The molecule has 0 unspecified atom stereocenters. The van der Waals surface area contributed by atoms with Crippen LogP contribution in [0.15, 0.2) is 72.8 Å². The number of amides is 2. The number of ether oxygens (including phenoxy) is 1. The Morgan fingerprint density at radius 1 is 0.946 bits per heavy atom. The Labute approximate surface area is 229 Å². The number of aryl methyl sites for hydroxylation is 1. The van der Waals surface area contributed by atoms with E-state index in [0.29, 0.717) is 27.8 Å². The lowest BCUT2D eigenvalue weighted by Gasteiger charge is -2.32. The summed E-state index contributed by atoms with van der Waals surface area (Å²) in [4.78, 5) is 28.8. The van der Waals surface area contributed by atoms with Gasteiger partial charge in [0.2, 0.25) is 5.91 Å². The van der Waals surface area contributed by atoms with Gasteiger partial charge in [0.05, 0.1) is 0 Å². The van der Waals surface area contributed by atoms with Crippen molar-refractivity contribution >= 4 is 35.0 Å². The molecule has 1 N–H and O–H groups in total. The number of benzene rings is 3. The zero-order valence-electron chi connectivity index (χ0n) is 21.5. The summed E-state index contributed by atoms with van der Waals surface area (Å²) in [6, 6.07) is 21.7. The van der Waals surface area contributed by atoms with Crippen LogP contribution in [0.2, 0.25) is 10.0 Å². The molecule has 0 spiro atoms. The maximum atomic E-state index is 13.7. The molecule has 2 amide bonds. The van der Waals surface area contributed by atoms with Gasteiger partial charge in [0, 0.05) is 29.1 Å². The van der Waals surface area contributed by atoms with Gasteiger partial charge in [0.1, 0.15) is 11.8 Å². The summed E-state index contributed by atoms with van der Waals surface area (Å²) in [6.45, 7) is 5.96. The van der Waals surface area contributed by atoms with Gasteiger partial charge in [-0.2, -0.15) is 0 Å². The number of nitrogens with zero attached hydrogens (tertiary/aromatic N) is 1. The highest BCUT2D eigenvalue weighted by atomic mass is 35.5. The van der Waals surface area contributed by atoms with Crippen molar-refractivity contribution in [1.82, 2.24) is 10.2 Å². The van der Waals surface area contributed by atoms with E-state index in [9.17, 15) is 9.59 Å². The molecule has 37 heavy (non-hydrogen) atoms. The Hall–Kier alpha value is -3.02. The summed E-state index contributed by atoms with van der Waals surface area (Å²) in [5.74, 6) is 0.0634. The van der Waals surface area contributed by atoms with E-state index in [4.69, 9.17) is 27.9 Å². The third-order valence-electron chi connectivity index (χ3n) is 6.32. The van der Waals surface area contributed by atoms with Gasteiger partial charge in [0.25, 0.3) is 5.91 Å². The predicted octanol–water partition coefficient (Wildman–Crippen LogP) is 6.49. The van der Waals surface area contributed by atoms with Crippen molar-refractivity contribution in [2.75, 3.05) is 6.61 Å². The van der Waals surface area contributed by atoms with E-state index >= 15 is 0 Å². The molecule has 3 aromatic rings. The molecule has 3 rings (SSSR count). The minimum absolute atomic E-state index is 0.0322. The summed E-state index contributed by atoms with van der Waals surface area (Å²) >= 11 is 12.6. The van der Waals surface area contributed by atoms with Gasteiger partial charge in [-0.3, -0.25) is 9.59 Å². The summed E-state index contributed by atoms with van der Waals surface area (Å²) in [5, 5.41) is 3.99. The van der Waals surface area contributed by atoms with Crippen LogP contribution in [0.3, 0.4) is 0 Å². The lowest BCUT2D eigenvalue weighted by Crippen LogP contribution is -2.53. The Morgan fingerprint density at radius 3 is 2.27 bits per heavy atom. The average Bonchev–Trinajstić information content (AvgIpc) is 2.91. The van der Waals surface area contributed by atoms with Gasteiger partial charge in [-0.05, 0) is 60.7 Å². The quantitative estimate of drug-likeness (QED) is 0.285. The number of carbonyl (C=O) groups excluding carboxylic acids is 2. The molecule has 0 aromatic heterocycles. The van der Waals surface area contributed by atoms with Crippen LogP contribution in [0.25, 0.3) is 0 Å². The second kappa shape index (κ2) is 14.1. The molecule has 0 bridgehead atoms. The van der Waals surface area contributed by atoms with Crippen molar-refractivity contribution in [1.29, 1.82) is 0 Å². The van der Waals surface area contributed by atoms with E-state index in [2.05, 4.69) is 12.2 Å². The second-order valence-corrected chi connectivity index (χ2v) is 9.91. The van der Waals surface area contributed by atoms with Crippen molar-refractivity contribution in [3.63, 3.8) is 0 Å². The van der Waals surface area contributed by atoms with Crippen LogP contribution in [-0.4, -0.2) is 35.4 Å². The average molecular weight is 542 g/mol. The molecule has 0 aliphatic heterocycles. The second-order valence-electron chi connectivity index (χ2n) is 9.07. The first-order chi connectivity index (χ1) is 17.8. The maximum absolute atomic E-state index is 13.7. The number of rotatable bonds is 12. The summed E-state index contributed by atoms with van der Waals surface area (Å²) < 4.78 is 5.84. The molecule has 5 nitrogen and oxygen atoms in total. The molecular weight excluding hydrogens is 507 g/mol. The van der Waals surface area contributed by atoms with Crippen molar-refractivity contribution in [2.45, 2.75) is 58.7 Å². The van der Waals surface area contributed by atoms with Crippen molar-refractivity contribution in [3.8, 4) is 5.75 Å². The van der Waals surface area contributed by atoms with Crippen LogP contribution in [-0.2, 0) is 29.0 Å². The summed E-state index contributed by atoms with van der Waals surface area (Å²) in [6.07, 6.45) is 2.05. The highest BCUT2D eigenvalue weighted by Gasteiger charge is 2.31. The molecule has 3 aromatic carbocycles. The lowest BCUT2D eigenvalue weighted by atomic mass is 10.0. The first-order valence-electron chi connectivity index (χ1n) is 12.6. The maximum Gasteiger partial charge on any atom is 0.261 e. The molecule has 7 heteroatoms. The highest BCUT2D eigenvalue weighted by molar-refractivity contribution is 6.35. The van der Waals surface area contributed by atoms with Gasteiger partial charge in [-0.15, -0.1) is 0 Å². The SMILES string of the molecule is CCc1ccc(OCC(=O)N(Cc2ccc(Cl)cc2Cl)[C@@H](Cc2ccccc2)C(=O)N[C@@H](C)CC)cc1. The number of carbonyl (C=O) groups is 2. The van der Waals surface area contributed by atoms with Gasteiger partial charge >= 0.3 is 0 Å².